The molecular weight excluding hydrogens is 274 g/mol. The molecule has 0 radical (unpaired) electrons. The third-order valence-corrected chi connectivity index (χ3v) is 5.23. The van der Waals surface area contributed by atoms with Crippen molar-refractivity contribution in [1.29, 1.82) is 0 Å². The average molecular weight is 297 g/mol. The number of nitrogens with one attached hydrogen (secondary N) is 1. The summed E-state index contributed by atoms with van der Waals surface area (Å²) in [5.74, 6) is 0. The molecule has 3 aliphatic rings. The van der Waals surface area contributed by atoms with Gasteiger partial charge in [-0.15, -0.1) is 0 Å². The van der Waals surface area contributed by atoms with Crippen LogP contribution in [0.4, 0.5) is 0 Å². The molecule has 0 saturated carbocycles. The number of hydrogen-bond acceptors (Lipinski definition) is 3. The van der Waals surface area contributed by atoms with Crippen molar-refractivity contribution < 1.29 is 0 Å². The SMILES string of the molecule is Cc1ccc2cc(CN3CCN4CCC3CC4)c(=O)[nH]c2c1. The lowest BCUT2D eigenvalue weighted by molar-refractivity contribution is 0.176. The van der Waals surface area contributed by atoms with Crippen LogP contribution in [0.25, 0.3) is 10.9 Å². The van der Waals surface area contributed by atoms with Crippen LogP contribution in [-0.4, -0.2) is 47.0 Å². The fraction of sp³-hybridized carbons (Fsp3) is 0.500. The van der Waals surface area contributed by atoms with Crippen molar-refractivity contribution in [1.82, 2.24) is 14.8 Å². The first-order valence-electron chi connectivity index (χ1n) is 8.28. The van der Waals surface area contributed by atoms with Crippen LogP contribution in [0.2, 0.25) is 0 Å². The van der Waals surface area contributed by atoms with Crippen molar-refractivity contribution in [3.63, 3.8) is 0 Å². The zero-order chi connectivity index (χ0) is 15.1. The first-order chi connectivity index (χ1) is 10.7. The van der Waals surface area contributed by atoms with Crippen molar-refractivity contribution >= 4 is 10.9 Å². The summed E-state index contributed by atoms with van der Waals surface area (Å²) in [6.45, 7) is 7.48. The summed E-state index contributed by atoms with van der Waals surface area (Å²) in [6, 6.07) is 8.97. The van der Waals surface area contributed by atoms with Gasteiger partial charge in [0, 0.05) is 36.8 Å². The van der Waals surface area contributed by atoms with Crippen LogP contribution in [-0.2, 0) is 6.54 Å². The summed E-state index contributed by atoms with van der Waals surface area (Å²) in [4.78, 5) is 20.5. The van der Waals surface area contributed by atoms with E-state index < -0.39 is 0 Å². The van der Waals surface area contributed by atoms with E-state index in [1.165, 1.54) is 31.5 Å². The molecule has 1 aromatic heterocycles. The number of pyridine rings is 1. The lowest BCUT2D eigenvalue weighted by Crippen LogP contribution is -2.38. The Morgan fingerprint density at radius 3 is 2.77 bits per heavy atom. The van der Waals surface area contributed by atoms with Crippen LogP contribution in [0.3, 0.4) is 0 Å². The number of aromatic nitrogens is 1. The molecule has 22 heavy (non-hydrogen) atoms. The summed E-state index contributed by atoms with van der Waals surface area (Å²) in [5.41, 5.74) is 3.08. The van der Waals surface area contributed by atoms with Crippen LogP contribution in [0.15, 0.2) is 29.1 Å². The number of hydrogen-bond donors (Lipinski definition) is 1. The van der Waals surface area contributed by atoms with E-state index in [0.29, 0.717) is 6.04 Å². The molecule has 3 fully saturated rings. The van der Waals surface area contributed by atoms with E-state index in [2.05, 4.69) is 39.9 Å². The highest BCUT2D eigenvalue weighted by molar-refractivity contribution is 5.79. The van der Waals surface area contributed by atoms with E-state index in [4.69, 9.17) is 0 Å². The Morgan fingerprint density at radius 1 is 1.14 bits per heavy atom. The Labute approximate surface area is 130 Å². The van der Waals surface area contributed by atoms with Crippen LogP contribution >= 0.6 is 0 Å². The number of H-pyrrole nitrogens is 1. The van der Waals surface area contributed by atoms with E-state index in [1.54, 1.807) is 0 Å². The molecule has 3 aliphatic heterocycles. The average Bonchev–Trinajstić information content (AvgIpc) is 2.82. The van der Waals surface area contributed by atoms with Gasteiger partial charge in [-0.05, 0) is 55.9 Å². The van der Waals surface area contributed by atoms with E-state index >= 15 is 0 Å². The van der Waals surface area contributed by atoms with Crippen molar-refractivity contribution in [2.75, 3.05) is 26.2 Å². The molecule has 3 saturated heterocycles. The summed E-state index contributed by atoms with van der Waals surface area (Å²) < 4.78 is 0. The molecule has 2 aromatic rings. The Bertz CT molecular complexity index is 744. The Morgan fingerprint density at radius 2 is 1.95 bits per heavy atom. The van der Waals surface area contributed by atoms with Gasteiger partial charge in [0.15, 0.2) is 0 Å². The van der Waals surface area contributed by atoms with Gasteiger partial charge in [-0.3, -0.25) is 9.69 Å². The Kier molecular flexibility index (Phi) is 3.51. The van der Waals surface area contributed by atoms with Gasteiger partial charge in [-0.2, -0.15) is 0 Å². The molecule has 0 spiro atoms. The van der Waals surface area contributed by atoms with Gasteiger partial charge in [0.25, 0.3) is 5.56 Å². The Hall–Kier alpha value is -1.65. The number of piperidine rings is 1. The van der Waals surface area contributed by atoms with Crippen molar-refractivity contribution in [3.8, 4) is 0 Å². The predicted octanol–water partition coefficient (Wildman–Crippen LogP) is 2.12. The maximum atomic E-state index is 12.4. The fourth-order valence-electron chi connectivity index (χ4n) is 3.87. The number of nitrogens with zero attached hydrogens (tertiary/aromatic N) is 2. The third-order valence-electron chi connectivity index (χ3n) is 5.23. The Balaban J connectivity index is 1.65. The molecule has 0 amide bonds. The lowest BCUT2D eigenvalue weighted by atomic mass is 10.0. The lowest BCUT2D eigenvalue weighted by Gasteiger charge is -2.31. The molecule has 4 heterocycles. The molecule has 1 N–H and O–H groups in total. The van der Waals surface area contributed by atoms with Gasteiger partial charge < -0.3 is 9.88 Å². The van der Waals surface area contributed by atoms with Gasteiger partial charge in [0.1, 0.15) is 0 Å². The largest absolute Gasteiger partial charge is 0.322 e. The minimum Gasteiger partial charge on any atom is -0.322 e. The number of fused-ring (bicyclic) bond motifs is 5. The number of aryl methyl sites for hydroxylation is 1. The quantitative estimate of drug-likeness (QED) is 0.923. The second kappa shape index (κ2) is 5.52. The molecular formula is C18H23N3O. The summed E-state index contributed by atoms with van der Waals surface area (Å²) in [5, 5.41) is 1.13. The molecule has 0 atom stereocenters. The minimum atomic E-state index is 0.0669. The maximum absolute atomic E-state index is 12.4. The van der Waals surface area contributed by atoms with Crippen LogP contribution in [0.1, 0.15) is 24.0 Å². The zero-order valence-corrected chi connectivity index (χ0v) is 13.1. The summed E-state index contributed by atoms with van der Waals surface area (Å²) in [6.07, 6.45) is 2.48. The molecule has 4 nitrogen and oxygen atoms in total. The standard InChI is InChI=1S/C18H23N3O/c1-13-2-3-14-11-15(18(22)19-17(14)10-13)12-21-9-8-20-6-4-16(21)5-7-20/h2-3,10-11,16H,4-9,12H2,1H3,(H,19,22). The predicted molar refractivity (Wildman–Crippen MR) is 89.2 cm³/mol. The third kappa shape index (κ3) is 2.57. The molecule has 2 bridgehead atoms. The fourth-order valence-corrected chi connectivity index (χ4v) is 3.87. The summed E-state index contributed by atoms with van der Waals surface area (Å²) in [7, 11) is 0. The van der Waals surface area contributed by atoms with E-state index in [0.717, 1.165) is 36.1 Å². The first kappa shape index (κ1) is 14.0. The van der Waals surface area contributed by atoms with Crippen LogP contribution < -0.4 is 5.56 Å². The van der Waals surface area contributed by atoms with E-state index in [-0.39, 0.29) is 5.56 Å². The summed E-state index contributed by atoms with van der Waals surface area (Å²) >= 11 is 0. The molecule has 1 aromatic carbocycles. The number of rotatable bonds is 2. The highest BCUT2D eigenvalue weighted by atomic mass is 16.1. The molecule has 0 unspecified atom stereocenters. The second-order valence-electron chi connectivity index (χ2n) is 6.76. The molecule has 4 heteroatoms. The topological polar surface area (TPSA) is 39.3 Å². The van der Waals surface area contributed by atoms with E-state index in [9.17, 15) is 4.79 Å². The first-order valence-corrected chi connectivity index (χ1v) is 8.28. The molecule has 5 rings (SSSR count). The van der Waals surface area contributed by atoms with Gasteiger partial charge in [0.05, 0.1) is 0 Å². The van der Waals surface area contributed by atoms with Gasteiger partial charge in [0.2, 0.25) is 0 Å². The van der Waals surface area contributed by atoms with Crippen LogP contribution in [0.5, 0.6) is 0 Å². The normalized spacial score (nSPS) is 25.5. The smallest absolute Gasteiger partial charge is 0.252 e. The monoisotopic (exact) mass is 297 g/mol. The van der Waals surface area contributed by atoms with Gasteiger partial charge in [-0.1, -0.05) is 12.1 Å². The van der Waals surface area contributed by atoms with Crippen molar-refractivity contribution in [3.05, 3.63) is 45.7 Å². The highest BCUT2D eigenvalue weighted by Gasteiger charge is 2.29. The second-order valence-corrected chi connectivity index (χ2v) is 6.76. The highest BCUT2D eigenvalue weighted by Crippen LogP contribution is 2.22. The molecule has 0 aliphatic carbocycles. The van der Waals surface area contributed by atoms with Crippen molar-refractivity contribution in [2.45, 2.75) is 32.4 Å². The van der Waals surface area contributed by atoms with Gasteiger partial charge in [-0.25, -0.2) is 0 Å². The van der Waals surface area contributed by atoms with Gasteiger partial charge >= 0.3 is 0 Å². The zero-order valence-electron chi connectivity index (χ0n) is 13.1. The molecule has 116 valence electrons. The minimum absolute atomic E-state index is 0.0669. The number of aromatic amines is 1. The van der Waals surface area contributed by atoms with Crippen molar-refractivity contribution in [2.24, 2.45) is 0 Å². The maximum Gasteiger partial charge on any atom is 0.252 e. The van der Waals surface area contributed by atoms with E-state index in [1.807, 2.05) is 6.07 Å². The number of benzene rings is 1. The van der Waals surface area contributed by atoms with Crippen LogP contribution in [0, 0.1) is 6.92 Å².